The summed E-state index contributed by atoms with van der Waals surface area (Å²) < 4.78 is 10.9. The highest BCUT2D eigenvalue weighted by Gasteiger charge is 2.58. The molecule has 1 atom stereocenters. The van der Waals surface area contributed by atoms with Gasteiger partial charge in [0.25, 0.3) is 0 Å². The van der Waals surface area contributed by atoms with Crippen LogP contribution in [0.2, 0.25) is 0 Å². The molecule has 0 radical (unpaired) electrons. The van der Waals surface area contributed by atoms with Gasteiger partial charge in [-0.05, 0) is 18.6 Å². The number of ether oxygens (including phenoxy) is 1. The second-order valence-electron chi connectivity index (χ2n) is 6.92. The van der Waals surface area contributed by atoms with Crippen LogP contribution in [-0.4, -0.2) is 11.0 Å². The van der Waals surface area contributed by atoms with Crippen molar-refractivity contribution in [2.45, 2.75) is 12.3 Å². The number of amides is 1. The molecule has 0 bridgehead atoms. The third-order valence-corrected chi connectivity index (χ3v) is 5.40. The quantitative estimate of drug-likeness (QED) is 0.502. The van der Waals surface area contributed by atoms with Gasteiger partial charge in [0.15, 0.2) is 0 Å². The molecular formula is C21H13N3O5. The molecule has 0 fully saturated rings. The molecular weight excluding hydrogens is 374 g/mol. The third kappa shape index (κ3) is 1.91. The zero-order valence-electron chi connectivity index (χ0n) is 15.1. The first-order valence-electron chi connectivity index (χ1n) is 8.69. The number of carbonyl (C=O) groups excluding carboxylic acids is 1. The van der Waals surface area contributed by atoms with Crippen LogP contribution in [-0.2, 0) is 10.2 Å². The Morgan fingerprint density at radius 1 is 1.24 bits per heavy atom. The number of rotatable bonds is 0. The topological polar surface area (TPSA) is 139 Å². The van der Waals surface area contributed by atoms with Crippen LogP contribution in [0.3, 0.4) is 0 Å². The monoisotopic (exact) mass is 387 g/mol. The van der Waals surface area contributed by atoms with E-state index in [4.69, 9.17) is 14.9 Å². The van der Waals surface area contributed by atoms with Gasteiger partial charge < -0.3 is 25.3 Å². The Morgan fingerprint density at radius 2 is 2.00 bits per heavy atom. The predicted molar refractivity (Wildman–Crippen MR) is 102 cm³/mol. The zero-order valence-corrected chi connectivity index (χ0v) is 15.1. The van der Waals surface area contributed by atoms with Gasteiger partial charge in [0, 0.05) is 23.4 Å². The number of hydrogen-bond donors (Lipinski definition) is 3. The first-order chi connectivity index (χ1) is 13.9. The Morgan fingerprint density at radius 3 is 2.76 bits per heavy atom. The summed E-state index contributed by atoms with van der Waals surface area (Å²) in [4.78, 5) is 25.1. The van der Waals surface area contributed by atoms with Gasteiger partial charge in [-0.3, -0.25) is 4.79 Å². The molecule has 8 heteroatoms. The molecule has 0 aliphatic carbocycles. The molecule has 1 spiro atoms. The van der Waals surface area contributed by atoms with Crippen molar-refractivity contribution in [1.29, 1.82) is 5.26 Å². The molecule has 5 rings (SSSR count). The lowest BCUT2D eigenvalue weighted by Gasteiger charge is -2.34. The van der Waals surface area contributed by atoms with E-state index < -0.39 is 16.9 Å². The highest BCUT2D eigenvalue weighted by atomic mass is 16.5. The van der Waals surface area contributed by atoms with E-state index in [0.29, 0.717) is 22.2 Å². The van der Waals surface area contributed by atoms with E-state index in [2.05, 4.69) is 5.32 Å². The number of hydrogen-bond acceptors (Lipinski definition) is 7. The van der Waals surface area contributed by atoms with Crippen molar-refractivity contribution in [2.24, 2.45) is 5.73 Å². The number of benzene rings is 2. The zero-order chi connectivity index (χ0) is 20.5. The van der Waals surface area contributed by atoms with Crippen molar-refractivity contribution in [1.82, 2.24) is 0 Å². The molecule has 0 saturated heterocycles. The standard InChI is InChI=1S/C21H13N3O5/c1-9-6-15(26)28-14-7-13(25)17-18(16(9)14)29-19(23)11(8-22)21(17)10-4-2-3-5-12(10)24-20(21)27/h2-7,25H,23H2,1H3,(H,24,27). The van der Waals surface area contributed by atoms with Crippen molar-refractivity contribution in [3.05, 3.63) is 75.0 Å². The number of phenols is 1. The molecule has 29 heavy (non-hydrogen) atoms. The maximum atomic E-state index is 13.3. The van der Waals surface area contributed by atoms with E-state index in [1.54, 1.807) is 31.2 Å². The number of nitriles is 1. The summed E-state index contributed by atoms with van der Waals surface area (Å²) in [5, 5.41) is 23.9. The van der Waals surface area contributed by atoms with Crippen LogP contribution in [0.5, 0.6) is 11.5 Å². The first-order valence-corrected chi connectivity index (χ1v) is 8.69. The molecule has 1 aromatic heterocycles. The van der Waals surface area contributed by atoms with Crippen molar-refractivity contribution in [2.75, 3.05) is 5.32 Å². The summed E-state index contributed by atoms with van der Waals surface area (Å²) >= 11 is 0. The summed E-state index contributed by atoms with van der Waals surface area (Å²) in [7, 11) is 0. The second-order valence-corrected chi connectivity index (χ2v) is 6.92. The van der Waals surface area contributed by atoms with Gasteiger partial charge in [-0.15, -0.1) is 0 Å². The minimum Gasteiger partial charge on any atom is -0.507 e. The van der Waals surface area contributed by atoms with Crippen molar-refractivity contribution in [3.8, 4) is 17.6 Å². The van der Waals surface area contributed by atoms with Gasteiger partial charge >= 0.3 is 5.63 Å². The number of para-hydroxylation sites is 1. The molecule has 2 aliphatic rings. The normalized spacial score (nSPS) is 19.5. The predicted octanol–water partition coefficient (Wildman–Crippen LogP) is 2.13. The summed E-state index contributed by atoms with van der Waals surface area (Å²) in [6.07, 6.45) is 0. The van der Waals surface area contributed by atoms with Crippen LogP contribution in [0.4, 0.5) is 5.69 Å². The highest BCUT2D eigenvalue weighted by molar-refractivity contribution is 6.14. The minimum absolute atomic E-state index is 0.0737. The van der Waals surface area contributed by atoms with Crippen LogP contribution in [0.25, 0.3) is 11.0 Å². The summed E-state index contributed by atoms with van der Waals surface area (Å²) in [6, 6.07) is 11.4. The fourth-order valence-electron chi connectivity index (χ4n) is 4.29. The number of aryl methyl sites for hydroxylation is 1. The molecule has 3 aromatic rings. The molecule has 3 heterocycles. The van der Waals surface area contributed by atoms with E-state index in [1.807, 2.05) is 6.07 Å². The second kappa shape index (κ2) is 5.39. The molecule has 142 valence electrons. The number of nitrogens with two attached hydrogens (primary N) is 1. The van der Waals surface area contributed by atoms with Gasteiger partial charge in [0.05, 0.1) is 10.9 Å². The number of carbonyl (C=O) groups is 1. The largest absolute Gasteiger partial charge is 0.507 e. The molecule has 0 saturated carbocycles. The summed E-state index contributed by atoms with van der Waals surface area (Å²) in [5.41, 5.74) is 5.32. The van der Waals surface area contributed by atoms with Crippen molar-refractivity contribution in [3.63, 3.8) is 0 Å². The van der Waals surface area contributed by atoms with E-state index in [-0.39, 0.29) is 34.1 Å². The Hall–Kier alpha value is -4.25. The Labute approximate surface area is 163 Å². The number of aromatic hydroxyl groups is 1. The van der Waals surface area contributed by atoms with Gasteiger partial charge in [0.1, 0.15) is 34.1 Å². The van der Waals surface area contributed by atoms with E-state index in [0.717, 1.165) is 0 Å². The van der Waals surface area contributed by atoms with Crippen molar-refractivity contribution < 1.29 is 19.1 Å². The average molecular weight is 387 g/mol. The Kier molecular flexibility index (Phi) is 3.14. The molecule has 1 unspecified atom stereocenters. The van der Waals surface area contributed by atoms with E-state index in [9.17, 15) is 20.0 Å². The van der Waals surface area contributed by atoms with E-state index >= 15 is 0 Å². The van der Waals surface area contributed by atoms with Crippen LogP contribution in [0.1, 0.15) is 16.7 Å². The molecule has 8 nitrogen and oxygen atoms in total. The molecule has 4 N–H and O–H groups in total. The lowest BCUT2D eigenvalue weighted by Crippen LogP contribution is -2.42. The summed E-state index contributed by atoms with van der Waals surface area (Å²) in [6.45, 7) is 1.68. The summed E-state index contributed by atoms with van der Waals surface area (Å²) in [5.74, 6) is -1.07. The minimum atomic E-state index is -1.69. The lowest BCUT2D eigenvalue weighted by atomic mass is 9.68. The average Bonchev–Trinajstić information content (AvgIpc) is 2.93. The molecule has 2 aromatic carbocycles. The van der Waals surface area contributed by atoms with Gasteiger partial charge in [-0.2, -0.15) is 5.26 Å². The molecule has 2 aliphatic heterocycles. The van der Waals surface area contributed by atoms with Gasteiger partial charge in [-0.25, -0.2) is 4.79 Å². The number of nitrogens with one attached hydrogen (secondary N) is 1. The van der Waals surface area contributed by atoms with Crippen LogP contribution < -0.4 is 21.4 Å². The Balaban J connectivity index is 2.03. The number of nitrogens with zero attached hydrogens (tertiary/aromatic N) is 1. The van der Waals surface area contributed by atoms with Crippen molar-refractivity contribution >= 4 is 22.6 Å². The number of anilines is 1. The van der Waals surface area contributed by atoms with Gasteiger partial charge in [-0.1, -0.05) is 18.2 Å². The maximum Gasteiger partial charge on any atom is 0.336 e. The smallest absolute Gasteiger partial charge is 0.336 e. The third-order valence-electron chi connectivity index (χ3n) is 5.40. The fourth-order valence-corrected chi connectivity index (χ4v) is 4.29. The molecule has 1 amide bonds. The van der Waals surface area contributed by atoms with Crippen LogP contribution in [0.15, 0.2) is 57.1 Å². The SMILES string of the molecule is Cc1cc(=O)oc2cc(O)c3c(c12)OC(N)=C(C#N)C31C(=O)Nc2ccccc21. The van der Waals surface area contributed by atoms with Gasteiger partial charge in [0.2, 0.25) is 11.8 Å². The number of phenolic OH excluding ortho intramolecular Hbond substituents is 1. The lowest BCUT2D eigenvalue weighted by molar-refractivity contribution is -0.118. The van der Waals surface area contributed by atoms with E-state index in [1.165, 1.54) is 12.1 Å². The highest BCUT2D eigenvalue weighted by Crippen LogP contribution is 2.57. The maximum absolute atomic E-state index is 13.3. The Bertz CT molecular complexity index is 1400. The fraction of sp³-hybridized carbons (Fsp3) is 0.0952. The first kappa shape index (κ1) is 16.9. The van der Waals surface area contributed by atoms with Crippen LogP contribution in [0, 0.1) is 18.3 Å². The number of fused-ring (bicyclic) bond motifs is 6. The van der Waals surface area contributed by atoms with Crippen LogP contribution >= 0.6 is 0 Å².